The molecule has 0 fully saturated rings. The number of hydrogen-bond acceptors (Lipinski definition) is 4. The zero-order chi connectivity index (χ0) is 13.7. The van der Waals surface area contributed by atoms with Gasteiger partial charge in [-0.3, -0.25) is 0 Å². The number of anilines is 1. The lowest BCUT2D eigenvalue weighted by atomic mass is 10.3. The molecule has 2 N–H and O–H groups in total. The Hall–Kier alpha value is -1.94. The first kappa shape index (κ1) is 13.5. The molecule has 0 aliphatic heterocycles. The van der Waals surface area contributed by atoms with E-state index in [9.17, 15) is 0 Å². The molecule has 2 aromatic rings. The van der Waals surface area contributed by atoms with Crippen LogP contribution in [0.1, 0.15) is 13.3 Å². The summed E-state index contributed by atoms with van der Waals surface area (Å²) in [6, 6.07) is 8.69. The Morgan fingerprint density at radius 2 is 2.16 bits per heavy atom. The fourth-order valence-electron chi connectivity index (χ4n) is 1.46. The zero-order valence-electron chi connectivity index (χ0n) is 10.6. The van der Waals surface area contributed by atoms with E-state index in [1.54, 1.807) is 30.5 Å². The first-order valence-corrected chi connectivity index (χ1v) is 6.39. The topological polar surface area (TPSA) is 57.4 Å². The molecule has 100 valence electrons. The van der Waals surface area contributed by atoms with Crippen molar-refractivity contribution in [1.29, 1.82) is 0 Å². The number of rotatable bonds is 5. The highest BCUT2D eigenvalue weighted by molar-refractivity contribution is 6.33. The highest BCUT2D eigenvalue weighted by Gasteiger charge is 2.08. The quantitative estimate of drug-likeness (QED) is 0.843. The maximum Gasteiger partial charge on any atom is 0.262 e. The number of nitrogens with zero attached hydrogens (tertiary/aromatic N) is 1. The van der Waals surface area contributed by atoms with Crippen LogP contribution in [-0.2, 0) is 0 Å². The monoisotopic (exact) mass is 278 g/mol. The number of ether oxygens (including phenoxy) is 2. The molecule has 0 saturated carbocycles. The maximum atomic E-state index is 5.95. The van der Waals surface area contributed by atoms with Crippen LogP contribution >= 0.6 is 11.6 Å². The van der Waals surface area contributed by atoms with E-state index in [2.05, 4.69) is 4.98 Å². The van der Waals surface area contributed by atoms with Crippen molar-refractivity contribution in [1.82, 2.24) is 4.98 Å². The number of aromatic nitrogens is 1. The van der Waals surface area contributed by atoms with Crippen molar-refractivity contribution in [3.63, 3.8) is 0 Å². The van der Waals surface area contributed by atoms with Gasteiger partial charge in [-0.25, -0.2) is 4.98 Å². The molecule has 1 aromatic heterocycles. The Labute approximate surface area is 117 Å². The Bertz CT molecular complexity index is 561. The van der Waals surface area contributed by atoms with Gasteiger partial charge in [0.2, 0.25) is 0 Å². The summed E-state index contributed by atoms with van der Waals surface area (Å²) in [7, 11) is 0. The van der Waals surface area contributed by atoms with Gasteiger partial charge in [0.05, 0.1) is 17.3 Å². The van der Waals surface area contributed by atoms with Gasteiger partial charge in [0, 0.05) is 12.3 Å². The van der Waals surface area contributed by atoms with Crippen LogP contribution in [-0.4, -0.2) is 11.6 Å². The second-order valence-electron chi connectivity index (χ2n) is 3.94. The highest BCUT2D eigenvalue weighted by atomic mass is 35.5. The normalized spacial score (nSPS) is 10.2. The summed E-state index contributed by atoms with van der Waals surface area (Å²) in [4.78, 5) is 4.16. The molecule has 0 atom stereocenters. The van der Waals surface area contributed by atoms with E-state index in [0.717, 1.165) is 6.42 Å². The SMILES string of the molecule is CCCOc1cccnc1Oc1ccc(N)c(Cl)c1. The van der Waals surface area contributed by atoms with Gasteiger partial charge < -0.3 is 15.2 Å². The number of benzene rings is 1. The average molecular weight is 279 g/mol. The zero-order valence-corrected chi connectivity index (χ0v) is 11.4. The molecule has 0 unspecified atom stereocenters. The molecule has 1 heterocycles. The van der Waals surface area contributed by atoms with Gasteiger partial charge in [0.25, 0.3) is 5.88 Å². The standard InChI is InChI=1S/C14H15ClN2O2/c1-2-8-18-13-4-3-7-17-14(13)19-10-5-6-12(16)11(15)9-10/h3-7,9H,2,8,16H2,1H3. The van der Waals surface area contributed by atoms with Crippen LogP contribution in [0.2, 0.25) is 5.02 Å². The molecule has 0 aliphatic carbocycles. The van der Waals surface area contributed by atoms with Gasteiger partial charge in [0.15, 0.2) is 5.75 Å². The Kier molecular flexibility index (Phi) is 4.47. The van der Waals surface area contributed by atoms with E-state index in [1.807, 2.05) is 13.0 Å². The fraction of sp³-hybridized carbons (Fsp3) is 0.214. The van der Waals surface area contributed by atoms with Crippen molar-refractivity contribution in [2.75, 3.05) is 12.3 Å². The lowest BCUT2D eigenvalue weighted by Crippen LogP contribution is -1.98. The smallest absolute Gasteiger partial charge is 0.262 e. The van der Waals surface area contributed by atoms with Gasteiger partial charge in [-0.2, -0.15) is 0 Å². The second kappa shape index (κ2) is 6.29. The Balaban J connectivity index is 2.20. The van der Waals surface area contributed by atoms with Crippen molar-refractivity contribution in [3.8, 4) is 17.4 Å². The predicted octanol–water partition coefficient (Wildman–Crippen LogP) is 3.90. The Morgan fingerprint density at radius 3 is 2.89 bits per heavy atom. The van der Waals surface area contributed by atoms with E-state index in [1.165, 1.54) is 0 Å². The minimum Gasteiger partial charge on any atom is -0.488 e. The second-order valence-corrected chi connectivity index (χ2v) is 4.35. The van der Waals surface area contributed by atoms with Crippen LogP contribution < -0.4 is 15.2 Å². The summed E-state index contributed by atoms with van der Waals surface area (Å²) in [6.45, 7) is 2.65. The summed E-state index contributed by atoms with van der Waals surface area (Å²) >= 11 is 5.95. The molecule has 5 heteroatoms. The number of halogens is 1. The molecule has 0 saturated heterocycles. The minimum absolute atomic E-state index is 0.414. The van der Waals surface area contributed by atoms with Crippen LogP contribution in [0.5, 0.6) is 17.4 Å². The highest BCUT2D eigenvalue weighted by Crippen LogP contribution is 2.31. The third kappa shape index (κ3) is 3.51. The average Bonchev–Trinajstić information content (AvgIpc) is 2.42. The third-order valence-corrected chi connectivity index (χ3v) is 2.71. The van der Waals surface area contributed by atoms with Crippen LogP contribution in [0, 0.1) is 0 Å². The van der Waals surface area contributed by atoms with Crippen LogP contribution in [0.3, 0.4) is 0 Å². The first-order chi connectivity index (χ1) is 9.20. The summed E-state index contributed by atoms with van der Waals surface area (Å²) in [5.74, 6) is 1.59. The van der Waals surface area contributed by atoms with Gasteiger partial charge in [-0.05, 0) is 30.7 Å². The predicted molar refractivity (Wildman–Crippen MR) is 76.0 cm³/mol. The Morgan fingerprint density at radius 1 is 1.32 bits per heavy atom. The van der Waals surface area contributed by atoms with E-state index < -0.39 is 0 Å². The maximum absolute atomic E-state index is 5.95. The van der Waals surface area contributed by atoms with Gasteiger partial charge in [-0.1, -0.05) is 18.5 Å². The molecule has 19 heavy (non-hydrogen) atoms. The molecule has 2 rings (SSSR count). The van der Waals surface area contributed by atoms with Gasteiger partial charge in [0.1, 0.15) is 5.75 Å². The molecule has 4 nitrogen and oxygen atoms in total. The molecule has 1 aromatic carbocycles. The van der Waals surface area contributed by atoms with E-state index in [0.29, 0.717) is 34.7 Å². The van der Waals surface area contributed by atoms with E-state index in [4.69, 9.17) is 26.8 Å². The van der Waals surface area contributed by atoms with Crippen molar-refractivity contribution < 1.29 is 9.47 Å². The van der Waals surface area contributed by atoms with Crippen LogP contribution in [0.4, 0.5) is 5.69 Å². The van der Waals surface area contributed by atoms with Crippen molar-refractivity contribution in [2.24, 2.45) is 0 Å². The lowest BCUT2D eigenvalue weighted by molar-refractivity contribution is 0.298. The molecule has 0 radical (unpaired) electrons. The number of nitrogens with two attached hydrogens (primary N) is 1. The summed E-state index contributed by atoms with van der Waals surface area (Å²) in [5.41, 5.74) is 6.16. The minimum atomic E-state index is 0.414. The number of hydrogen-bond donors (Lipinski definition) is 1. The largest absolute Gasteiger partial charge is 0.488 e. The van der Waals surface area contributed by atoms with E-state index in [-0.39, 0.29) is 0 Å². The molecule has 0 aliphatic rings. The third-order valence-electron chi connectivity index (χ3n) is 2.38. The summed E-state index contributed by atoms with van der Waals surface area (Å²) in [6.07, 6.45) is 2.56. The molecule has 0 bridgehead atoms. The van der Waals surface area contributed by atoms with Crippen molar-refractivity contribution in [2.45, 2.75) is 13.3 Å². The van der Waals surface area contributed by atoms with Crippen LogP contribution in [0.15, 0.2) is 36.5 Å². The molecule has 0 spiro atoms. The van der Waals surface area contributed by atoms with E-state index >= 15 is 0 Å². The first-order valence-electron chi connectivity index (χ1n) is 6.01. The summed E-state index contributed by atoms with van der Waals surface area (Å²) in [5, 5.41) is 0.449. The number of pyridine rings is 1. The van der Waals surface area contributed by atoms with Crippen LogP contribution in [0.25, 0.3) is 0 Å². The van der Waals surface area contributed by atoms with Crippen molar-refractivity contribution in [3.05, 3.63) is 41.6 Å². The fourth-order valence-corrected chi connectivity index (χ4v) is 1.63. The molecule has 0 amide bonds. The lowest BCUT2D eigenvalue weighted by Gasteiger charge is -2.11. The summed E-state index contributed by atoms with van der Waals surface area (Å²) < 4.78 is 11.2. The van der Waals surface area contributed by atoms with Crippen molar-refractivity contribution >= 4 is 17.3 Å². The molecular formula is C14H15ClN2O2. The van der Waals surface area contributed by atoms with Gasteiger partial charge in [-0.15, -0.1) is 0 Å². The van der Waals surface area contributed by atoms with Gasteiger partial charge >= 0.3 is 0 Å². The molecular weight excluding hydrogens is 264 g/mol. The number of nitrogen functional groups attached to an aromatic ring is 1.